The maximum atomic E-state index is 12.3. The Labute approximate surface area is 148 Å². The third-order valence-electron chi connectivity index (χ3n) is 6.60. The topological polar surface area (TPSA) is 81.0 Å². The fourth-order valence-electron chi connectivity index (χ4n) is 5.08. The summed E-state index contributed by atoms with van der Waals surface area (Å²) in [4.78, 5) is 14.7. The van der Waals surface area contributed by atoms with Crippen LogP contribution in [0.1, 0.15) is 49.7 Å². The van der Waals surface area contributed by atoms with Crippen LogP contribution in [-0.4, -0.2) is 51.2 Å². The number of β-amino-alcohol motifs (C(OH)–C–C–N with tert-alkyl or cyclic N) is 1. The van der Waals surface area contributed by atoms with E-state index in [4.69, 9.17) is 0 Å². The maximum Gasteiger partial charge on any atom is 0.161 e. The van der Waals surface area contributed by atoms with Crippen molar-refractivity contribution < 1.29 is 20.1 Å². The number of aromatic hydroxyl groups is 2. The number of aliphatic hydroxyl groups is 1. The van der Waals surface area contributed by atoms with E-state index in [0.29, 0.717) is 31.4 Å². The number of nitrogens with zero attached hydrogens (tertiary/aromatic N) is 1. The van der Waals surface area contributed by atoms with Gasteiger partial charge in [-0.3, -0.25) is 4.79 Å². The Morgan fingerprint density at radius 1 is 1.24 bits per heavy atom. The number of piperidine rings is 1. The van der Waals surface area contributed by atoms with Gasteiger partial charge in [0.15, 0.2) is 11.5 Å². The van der Waals surface area contributed by atoms with Crippen molar-refractivity contribution in [3.63, 3.8) is 0 Å². The van der Waals surface area contributed by atoms with E-state index in [2.05, 4.69) is 4.90 Å². The summed E-state index contributed by atoms with van der Waals surface area (Å²) >= 11 is 0. The molecule has 3 fully saturated rings. The molecule has 0 bridgehead atoms. The summed E-state index contributed by atoms with van der Waals surface area (Å²) in [6, 6.07) is 3.23. The minimum Gasteiger partial charge on any atom is -0.504 e. The van der Waals surface area contributed by atoms with Gasteiger partial charge in [0.05, 0.1) is 5.60 Å². The Bertz CT molecular complexity index is 714. The lowest BCUT2D eigenvalue weighted by Crippen LogP contribution is -2.65. The first-order valence-electron chi connectivity index (χ1n) is 9.33. The van der Waals surface area contributed by atoms with Gasteiger partial charge in [0.1, 0.15) is 5.78 Å². The van der Waals surface area contributed by atoms with Gasteiger partial charge < -0.3 is 20.2 Å². The number of phenolic OH excluding ortho intramolecular Hbond substituents is 2. The first-order valence-corrected chi connectivity index (χ1v) is 9.33. The first kappa shape index (κ1) is 16.9. The Morgan fingerprint density at radius 2 is 2.00 bits per heavy atom. The number of aryl methyl sites for hydroxylation is 1. The molecule has 0 radical (unpaired) electrons. The van der Waals surface area contributed by atoms with Crippen molar-refractivity contribution in [1.82, 2.24) is 4.90 Å². The normalized spacial score (nSPS) is 33.3. The van der Waals surface area contributed by atoms with Gasteiger partial charge >= 0.3 is 0 Å². The number of phenols is 2. The molecule has 1 saturated heterocycles. The molecule has 3 aliphatic rings. The van der Waals surface area contributed by atoms with Crippen LogP contribution in [0.25, 0.3) is 0 Å². The summed E-state index contributed by atoms with van der Waals surface area (Å²) in [6.07, 6.45) is 4.20. The molecule has 1 aliphatic heterocycles. The van der Waals surface area contributed by atoms with Gasteiger partial charge in [0.25, 0.3) is 0 Å². The van der Waals surface area contributed by atoms with Crippen molar-refractivity contribution in [2.45, 2.75) is 56.5 Å². The average Bonchev–Trinajstić information content (AvgIpc) is 3.36. The Morgan fingerprint density at radius 3 is 2.72 bits per heavy atom. The molecule has 0 aromatic heterocycles. The first-order chi connectivity index (χ1) is 11.8. The van der Waals surface area contributed by atoms with Crippen LogP contribution in [0, 0.1) is 12.8 Å². The Hall–Kier alpha value is -1.59. The summed E-state index contributed by atoms with van der Waals surface area (Å²) in [5.74, 6) is 0.513. The van der Waals surface area contributed by atoms with E-state index in [1.165, 1.54) is 18.9 Å². The lowest BCUT2D eigenvalue weighted by molar-refractivity contribution is -0.147. The SMILES string of the molecule is Cc1ccc(O)c(O)c1C12CCN(CC3CC3)C[C@]1(O)CCC(=O)C2. The number of ketones is 1. The summed E-state index contributed by atoms with van der Waals surface area (Å²) in [5.41, 5.74) is -0.479. The highest BCUT2D eigenvalue weighted by Crippen LogP contribution is 2.55. The molecular formula is C20H27NO4. The van der Waals surface area contributed by atoms with Gasteiger partial charge in [0.2, 0.25) is 0 Å². The fourth-order valence-corrected chi connectivity index (χ4v) is 5.08. The van der Waals surface area contributed by atoms with Crippen LogP contribution in [0.3, 0.4) is 0 Å². The average molecular weight is 345 g/mol. The van der Waals surface area contributed by atoms with Crippen molar-refractivity contribution in [3.8, 4) is 11.5 Å². The van der Waals surface area contributed by atoms with E-state index in [1.54, 1.807) is 6.07 Å². The van der Waals surface area contributed by atoms with Gasteiger partial charge in [-0.2, -0.15) is 0 Å². The molecule has 2 aliphatic carbocycles. The van der Waals surface area contributed by atoms with Crippen molar-refractivity contribution in [2.75, 3.05) is 19.6 Å². The number of Topliss-reactive ketones (excluding diaryl/α,β-unsaturated/α-hetero) is 1. The standard InChI is InChI=1S/C20H27NO4/c1-13-2-5-16(23)18(24)17(13)19-8-9-21(11-14-3-4-14)12-20(19,25)7-6-15(22)10-19/h2,5,14,23-25H,3-4,6-12H2,1H3/t19?,20-/m1/s1. The lowest BCUT2D eigenvalue weighted by Gasteiger charge is -2.56. The zero-order valence-electron chi connectivity index (χ0n) is 14.8. The van der Waals surface area contributed by atoms with Crippen molar-refractivity contribution in [3.05, 3.63) is 23.3 Å². The van der Waals surface area contributed by atoms with E-state index in [9.17, 15) is 20.1 Å². The molecule has 136 valence electrons. The molecule has 1 unspecified atom stereocenters. The molecule has 4 rings (SSSR count). The smallest absolute Gasteiger partial charge is 0.161 e. The third-order valence-corrected chi connectivity index (χ3v) is 6.60. The number of rotatable bonds is 3. The molecule has 3 N–H and O–H groups in total. The zero-order valence-corrected chi connectivity index (χ0v) is 14.8. The highest BCUT2D eigenvalue weighted by Gasteiger charge is 2.59. The fraction of sp³-hybridized carbons (Fsp3) is 0.650. The third kappa shape index (κ3) is 2.64. The number of fused-ring (bicyclic) bond motifs is 1. The van der Waals surface area contributed by atoms with Gasteiger partial charge in [-0.1, -0.05) is 6.07 Å². The number of hydrogen-bond donors (Lipinski definition) is 3. The molecule has 2 saturated carbocycles. The van der Waals surface area contributed by atoms with Crippen LogP contribution >= 0.6 is 0 Å². The largest absolute Gasteiger partial charge is 0.504 e. The monoisotopic (exact) mass is 345 g/mol. The number of likely N-dealkylation sites (tertiary alicyclic amines) is 1. The lowest BCUT2D eigenvalue weighted by atomic mass is 9.55. The number of benzene rings is 1. The summed E-state index contributed by atoms with van der Waals surface area (Å²) in [5, 5.41) is 32.3. The summed E-state index contributed by atoms with van der Waals surface area (Å²) in [6.45, 7) is 4.22. The molecular weight excluding hydrogens is 318 g/mol. The van der Waals surface area contributed by atoms with Gasteiger partial charge in [-0.05, 0) is 56.7 Å². The molecule has 5 nitrogen and oxygen atoms in total. The molecule has 0 amide bonds. The van der Waals surface area contributed by atoms with Crippen LogP contribution in [0.4, 0.5) is 0 Å². The van der Waals surface area contributed by atoms with Gasteiger partial charge in [-0.15, -0.1) is 0 Å². The van der Waals surface area contributed by atoms with Crippen molar-refractivity contribution in [1.29, 1.82) is 0 Å². The van der Waals surface area contributed by atoms with E-state index < -0.39 is 11.0 Å². The summed E-state index contributed by atoms with van der Waals surface area (Å²) in [7, 11) is 0. The maximum absolute atomic E-state index is 12.3. The second-order valence-electron chi connectivity index (χ2n) is 8.38. The summed E-state index contributed by atoms with van der Waals surface area (Å²) < 4.78 is 0. The molecule has 2 atom stereocenters. The second kappa shape index (κ2) is 5.71. The van der Waals surface area contributed by atoms with Crippen LogP contribution < -0.4 is 0 Å². The molecule has 0 spiro atoms. The minimum absolute atomic E-state index is 0.127. The van der Waals surface area contributed by atoms with E-state index in [-0.39, 0.29) is 23.7 Å². The minimum atomic E-state index is -1.05. The Kier molecular flexibility index (Phi) is 3.85. The Balaban J connectivity index is 1.78. The number of hydrogen-bond acceptors (Lipinski definition) is 5. The van der Waals surface area contributed by atoms with Crippen molar-refractivity contribution >= 4 is 5.78 Å². The van der Waals surface area contributed by atoms with Crippen LogP contribution in [0.2, 0.25) is 0 Å². The molecule has 1 aromatic carbocycles. The van der Waals surface area contributed by atoms with Crippen LogP contribution in [-0.2, 0) is 10.2 Å². The molecule has 25 heavy (non-hydrogen) atoms. The highest BCUT2D eigenvalue weighted by atomic mass is 16.3. The van der Waals surface area contributed by atoms with Crippen LogP contribution in [0.15, 0.2) is 12.1 Å². The quantitative estimate of drug-likeness (QED) is 0.732. The predicted molar refractivity (Wildman–Crippen MR) is 93.8 cm³/mol. The highest BCUT2D eigenvalue weighted by molar-refractivity contribution is 5.82. The molecule has 5 heteroatoms. The van der Waals surface area contributed by atoms with Gasteiger partial charge in [-0.25, -0.2) is 0 Å². The van der Waals surface area contributed by atoms with E-state index in [1.807, 2.05) is 6.92 Å². The second-order valence-corrected chi connectivity index (χ2v) is 8.38. The van der Waals surface area contributed by atoms with E-state index >= 15 is 0 Å². The van der Waals surface area contributed by atoms with E-state index in [0.717, 1.165) is 24.6 Å². The van der Waals surface area contributed by atoms with Crippen molar-refractivity contribution in [2.24, 2.45) is 5.92 Å². The van der Waals surface area contributed by atoms with Crippen LogP contribution in [0.5, 0.6) is 11.5 Å². The molecule has 1 aromatic rings. The predicted octanol–water partition coefficient (Wildman–Crippen LogP) is 2.24. The zero-order chi connectivity index (χ0) is 17.8. The molecule has 1 heterocycles. The van der Waals surface area contributed by atoms with Gasteiger partial charge in [0, 0.05) is 36.9 Å². The number of carbonyl (C=O) groups is 1. The number of carbonyl (C=O) groups excluding carboxylic acids is 1.